The van der Waals surface area contributed by atoms with E-state index in [1.54, 1.807) is 24.3 Å². The number of hydrogen-bond donors (Lipinski definition) is 1. The maximum absolute atomic E-state index is 12.6. The zero-order chi connectivity index (χ0) is 18.1. The van der Waals surface area contributed by atoms with Gasteiger partial charge in [-0.15, -0.1) is 0 Å². The first-order valence-electron chi connectivity index (χ1n) is 7.15. The minimum atomic E-state index is -0.648. The summed E-state index contributed by atoms with van der Waals surface area (Å²) in [6.07, 6.45) is 0. The van der Waals surface area contributed by atoms with Crippen molar-refractivity contribution in [1.29, 1.82) is 5.26 Å². The first-order chi connectivity index (χ1) is 11.9. The van der Waals surface area contributed by atoms with Crippen LogP contribution in [0.4, 0.5) is 5.69 Å². The van der Waals surface area contributed by atoms with Crippen molar-refractivity contribution in [3.05, 3.63) is 73.6 Å². The maximum Gasteiger partial charge on any atom is 0.291 e. The Morgan fingerprint density at radius 1 is 1.24 bits per heavy atom. The molecule has 0 radical (unpaired) electrons. The number of nitrogens with zero attached hydrogens (tertiary/aromatic N) is 1. The number of benzene rings is 2. The molecule has 0 saturated heterocycles. The molecule has 5 nitrogen and oxygen atoms in total. The van der Waals surface area contributed by atoms with Crippen LogP contribution in [0.1, 0.15) is 21.7 Å². The van der Waals surface area contributed by atoms with Crippen molar-refractivity contribution in [2.75, 3.05) is 5.32 Å². The summed E-state index contributed by atoms with van der Waals surface area (Å²) in [4.78, 5) is 25.1. The lowest BCUT2D eigenvalue weighted by Gasteiger charge is -2.10. The summed E-state index contributed by atoms with van der Waals surface area (Å²) in [6, 6.07) is 11.4. The fourth-order valence-corrected chi connectivity index (χ4v) is 2.93. The highest BCUT2D eigenvalue weighted by Gasteiger charge is 2.20. The lowest BCUT2D eigenvalue weighted by Crippen LogP contribution is -2.19. The monoisotopic (exact) mass is 372 g/mol. The van der Waals surface area contributed by atoms with Gasteiger partial charge in [-0.05, 0) is 31.2 Å². The van der Waals surface area contributed by atoms with Crippen molar-refractivity contribution in [2.24, 2.45) is 0 Å². The molecule has 0 aliphatic rings. The molecule has 0 spiro atoms. The third-order valence-electron chi connectivity index (χ3n) is 3.64. The Balaban J connectivity index is 2.13. The molecule has 0 aliphatic carbocycles. The molecular weight excluding hydrogens is 363 g/mol. The van der Waals surface area contributed by atoms with E-state index in [0.717, 1.165) is 0 Å². The number of para-hydroxylation sites is 1. The van der Waals surface area contributed by atoms with Gasteiger partial charge < -0.3 is 9.73 Å². The Bertz CT molecular complexity index is 1110. The SMILES string of the molecule is Cc1c(C(=O)Nc2ccccc2C#N)oc2c(Cl)cc(Cl)cc2c1=O. The molecule has 1 N–H and O–H groups in total. The number of halogens is 2. The van der Waals surface area contributed by atoms with Gasteiger partial charge in [0.25, 0.3) is 5.91 Å². The van der Waals surface area contributed by atoms with Gasteiger partial charge in [0.15, 0.2) is 16.8 Å². The van der Waals surface area contributed by atoms with Crippen LogP contribution in [-0.4, -0.2) is 5.91 Å². The molecule has 25 heavy (non-hydrogen) atoms. The topological polar surface area (TPSA) is 83.1 Å². The smallest absolute Gasteiger partial charge is 0.291 e. The van der Waals surface area contributed by atoms with Crippen LogP contribution in [0.5, 0.6) is 0 Å². The maximum atomic E-state index is 12.6. The second-order valence-corrected chi connectivity index (χ2v) is 6.10. The standard InChI is InChI=1S/C18H10Cl2N2O3/c1-9-15(23)12-6-11(19)7-13(20)17(12)25-16(9)18(24)22-14-5-3-2-4-10(14)8-21/h2-7H,1H3,(H,22,24). The van der Waals surface area contributed by atoms with Crippen LogP contribution in [-0.2, 0) is 0 Å². The number of nitrogens with one attached hydrogen (secondary N) is 1. The fraction of sp³-hybridized carbons (Fsp3) is 0.0556. The summed E-state index contributed by atoms with van der Waals surface area (Å²) in [7, 11) is 0. The molecule has 0 saturated carbocycles. The zero-order valence-corrected chi connectivity index (χ0v) is 14.4. The van der Waals surface area contributed by atoms with Crippen LogP contribution in [0.15, 0.2) is 45.6 Å². The van der Waals surface area contributed by atoms with E-state index in [4.69, 9.17) is 32.9 Å². The van der Waals surface area contributed by atoms with E-state index in [2.05, 4.69) is 5.32 Å². The number of fused-ring (bicyclic) bond motifs is 1. The van der Waals surface area contributed by atoms with Gasteiger partial charge in [0.05, 0.1) is 21.7 Å². The van der Waals surface area contributed by atoms with Gasteiger partial charge in [0.1, 0.15) is 6.07 Å². The fourth-order valence-electron chi connectivity index (χ4n) is 2.40. The molecule has 0 aliphatic heterocycles. The molecule has 124 valence electrons. The second kappa shape index (κ2) is 6.60. The normalized spacial score (nSPS) is 10.5. The van der Waals surface area contributed by atoms with E-state index < -0.39 is 11.3 Å². The summed E-state index contributed by atoms with van der Waals surface area (Å²) >= 11 is 12.0. The molecule has 3 aromatic rings. The van der Waals surface area contributed by atoms with Gasteiger partial charge in [-0.3, -0.25) is 9.59 Å². The van der Waals surface area contributed by atoms with Crippen LogP contribution in [0.25, 0.3) is 11.0 Å². The summed E-state index contributed by atoms with van der Waals surface area (Å²) in [5.74, 6) is -0.820. The molecule has 2 aromatic carbocycles. The summed E-state index contributed by atoms with van der Waals surface area (Å²) in [5.41, 5.74) is 0.420. The largest absolute Gasteiger partial charge is 0.449 e. The number of amides is 1. The number of hydrogen-bond acceptors (Lipinski definition) is 4. The lowest BCUT2D eigenvalue weighted by atomic mass is 10.1. The molecule has 0 bridgehead atoms. The van der Waals surface area contributed by atoms with Crippen molar-refractivity contribution in [3.8, 4) is 6.07 Å². The van der Waals surface area contributed by atoms with Crippen LogP contribution in [0, 0.1) is 18.3 Å². The highest BCUT2D eigenvalue weighted by Crippen LogP contribution is 2.28. The zero-order valence-electron chi connectivity index (χ0n) is 12.9. The highest BCUT2D eigenvalue weighted by atomic mass is 35.5. The van der Waals surface area contributed by atoms with Gasteiger partial charge in [-0.2, -0.15) is 5.26 Å². The van der Waals surface area contributed by atoms with Gasteiger partial charge in [0, 0.05) is 10.6 Å². The number of anilines is 1. The third kappa shape index (κ3) is 3.10. The van der Waals surface area contributed by atoms with E-state index in [-0.39, 0.29) is 27.3 Å². The number of carbonyl (C=O) groups is 1. The van der Waals surface area contributed by atoms with Crippen LogP contribution >= 0.6 is 23.2 Å². The molecule has 0 atom stereocenters. The Kier molecular flexibility index (Phi) is 4.49. The average molecular weight is 373 g/mol. The molecule has 1 amide bonds. The van der Waals surface area contributed by atoms with E-state index in [1.165, 1.54) is 19.1 Å². The summed E-state index contributed by atoms with van der Waals surface area (Å²) < 4.78 is 5.58. The van der Waals surface area contributed by atoms with Crippen molar-refractivity contribution in [1.82, 2.24) is 0 Å². The molecular formula is C18H10Cl2N2O3. The first kappa shape index (κ1) is 17.0. The lowest BCUT2D eigenvalue weighted by molar-refractivity contribution is 0.0996. The van der Waals surface area contributed by atoms with Crippen molar-refractivity contribution < 1.29 is 9.21 Å². The first-order valence-corrected chi connectivity index (χ1v) is 7.91. The Labute approximate surface area is 152 Å². The molecule has 7 heteroatoms. The van der Waals surface area contributed by atoms with Gasteiger partial charge in [-0.1, -0.05) is 35.3 Å². The minimum absolute atomic E-state index is 0.0837. The Morgan fingerprint density at radius 2 is 1.96 bits per heavy atom. The van der Waals surface area contributed by atoms with E-state index in [0.29, 0.717) is 16.3 Å². The van der Waals surface area contributed by atoms with E-state index in [9.17, 15) is 9.59 Å². The van der Waals surface area contributed by atoms with Crippen molar-refractivity contribution in [2.45, 2.75) is 6.92 Å². The highest BCUT2D eigenvalue weighted by molar-refractivity contribution is 6.38. The van der Waals surface area contributed by atoms with Crippen LogP contribution < -0.4 is 10.7 Å². The van der Waals surface area contributed by atoms with Crippen LogP contribution in [0.3, 0.4) is 0 Å². The third-order valence-corrected chi connectivity index (χ3v) is 4.14. The van der Waals surface area contributed by atoms with Gasteiger partial charge >= 0.3 is 0 Å². The Hall–Kier alpha value is -2.81. The predicted molar refractivity (Wildman–Crippen MR) is 96.4 cm³/mol. The Morgan fingerprint density at radius 3 is 2.68 bits per heavy atom. The van der Waals surface area contributed by atoms with E-state index in [1.807, 2.05) is 6.07 Å². The predicted octanol–water partition coefficient (Wildman–Crippen LogP) is 4.53. The van der Waals surface area contributed by atoms with E-state index >= 15 is 0 Å². The number of rotatable bonds is 2. The van der Waals surface area contributed by atoms with Gasteiger partial charge in [0.2, 0.25) is 0 Å². The number of carbonyl (C=O) groups excluding carboxylic acids is 1. The van der Waals surface area contributed by atoms with Crippen molar-refractivity contribution >= 4 is 45.8 Å². The molecule has 3 rings (SSSR count). The average Bonchev–Trinajstić information content (AvgIpc) is 2.58. The molecule has 1 aromatic heterocycles. The molecule has 0 fully saturated rings. The summed E-state index contributed by atoms with van der Waals surface area (Å²) in [5, 5.41) is 12.3. The summed E-state index contributed by atoms with van der Waals surface area (Å²) in [6.45, 7) is 1.48. The van der Waals surface area contributed by atoms with Crippen LogP contribution in [0.2, 0.25) is 10.0 Å². The quantitative estimate of drug-likeness (QED) is 0.715. The van der Waals surface area contributed by atoms with Crippen molar-refractivity contribution in [3.63, 3.8) is 0 Å². The number of nitriles is 1. The van der Waals surface area contributed by atoms with Gasteiger partial charge in [-0.25, -0.2) is 0 Å². The minimum Gasteiger partial charge on any atom is -0.449 e. The molecule has 0 unspecified atom stereocenters. The second-order valence-electron chi connectivity index (χ2n) is 5.26. The molecule has 1 heterocycles.